The van der Waals surface area contributed by atoms with Crippen molar-refractivity contribution in [3.8, 4) is 5.75 Å². The molecule has 126 valence electrons. The molecule has 2 rings (SSSR count). The van der Waals surface area contributed by atoms with Gasteiger partial charge >= 0.3 is 5.97 Å². The third-order valence-corrected chi connectivity index (χ3v) is 3.33. The molecule has 0 saturated heterocycles. The molecule has 1 N–H and O–H groups in total. The predicted molar refractivity (Wildman–Crippen MR) is 85.9 cm³/mol. The molecular weight excluding hydrogens is 313 g/mol. The molecule has 0 heterocycles. The van der Waals surface area contributed by atoms with Gasteiger partial charge in [0.15, 0.2) is 6.61 Å². The Kier molecular flexibility index (Phi) is 6.31. The molecule has 2 aromatic rings. The molecule has 0 radical (unpaired) electrons. The molecule has 2 aromatic carbocycles. The first-order valence-electron chi connectivity index (χ1n) is 7.37. The molecule has 0 aliphatic carbocycles. The fourth-order valence-corrected chi connectivity index (χ4v) is 2.09. The highest BCUT2D eigenvalue weighted by molar-refractivity contribution is 5.81. The highest BCUT2D eigenvalue weighted by Crippen LogP contribution is 2.16. The van der Waals surface area contributed by atoms with E-state index in [1.807, 2.05) is 18.2 Å². The van der Waals surface area contributed by atoms with Gasteiger partial charge in [0.25, 0.3) is 5.91 Å². The van der Waals surface area contributed by atoms with Crippen molar-refractivity contribution in [2.75, 3.05) is 13.7 Å². The van der Waals surface area contributed by atoms with Crippen LogP contribution < -0.4 is 10.1 Å². The molecule has 0 spiro atoms. The molecule has 0 aliphatic rings. The van der Waals surface area contributed by atoms with Crippen molar-refractivity contribution in [1.29, 1.82) is 0 Å². The number of ether oxygens (including phenoxy) is 2. The minimum atomic E-state index is -0.660. The molecule has 0 unspecified atom stereocenters. The Morgan fingerprint density at radius 1 is 1.04 bits per heavy atom. The van der Waals surface area contributed by atoms with Gasteiger partial charge in [-0.15, -0.1) is 0 Å². The second-order valence-electron chi connectivity index (χ2n) is 5.02. The molecule has 6 heteroatoms. The first kappa shape index (κ1) is 17.5. The molecule has 0 aliphatic heterocycles. The summed E-state index contributed by atoms with van der Waals surface area (Å²) in [6, 6.07) is 13.2. The van der Waals surface area contributed by atoms with Gasteiger partial charge in [-0.3, -0.25) is 9.59 Å². The minimum Gasteiger partial charge on any atom is -0.496 e. The summed E-state index contributed by atoms with van der Waals surface area (Å²) in [7, 11) is 1.55. The lowest BCUT2D eigenvalue weighted by Gasteiger charge is -2.10. The predicted octanol–water partition coefficient (Wildman–Crippen LogP) is 2.24. The Morgan fingerprint density at radius 2 is 1.71 bits per heavy atom. The quantitative estimate of drug-likeness (QED) is 0.790. The van der Waals surface area contributed by atoms with Crippen LogP contribution in [-0.4, -0.2) is 25.6 Å². The van der Waals surface area contributed by atoms with Crippen LogP contribution in [0.25, 0.3) is 0 Å². The van der Waals surface area contributed by atoms with E-state index >= 15 is 0 Å². The average molecular weight is 331 g/mol. The number of hydrogen-bond acceptors (Lipinski definition) is 4. The van der Waals surface area contributed by atoms with E-state index in [2.05, 4.69) is 5.32 Å². The van der Waals surface area contributed by atoms with Crippen LogP contribution in [0.4, 0.5) is 4.39 Å². The summed E-state index contributed by atoms with van der Waals surface area (Å²) in [5.74, 6) is -0.917. The maximum atomic E-state index is 13.4. The van der Waals surface area contributed by atoms with Crippen molar-refractivity contribution in [2.45, 2.75) is 13.0 Å². The summed E-state index contributed by atoms with van der Waals surface area (Å²) in [6.07, 6.45) is -0.216. The van der Waals surface area contributed by atoms with Gasteiger partial charge in [0.2, 0.25) is 0 Å². The number of carbonyl (C=O) groups is 2. The Balaban J connectivity index is 1.77. The van der Waals surface area contributed by atoms with E-state index in [1.165, 1.54) is 18.2 Å². The van der Waals surface area contributed by atoms with Crippen LogP contribution in [0.15, 0.2) is 48.5 Å². The summed E-state index contributed by atoms with van der Waals surface area (Å²) < 4.78 is 23.5. The van der Waals surface area contributed by atoms with E-state index in [1.54, 1.807) is 19.2 Å². The molecule has 0 atom stereocenters. The number of hydrogen-bond donors (Lipinski definition) is 1. The topological polar surface area (TPSA) is 64.6 Å². The fourth-order valence-electron chi connectivity index (χ4n) is 2.09. The molecule has 24 heavy (non-hydrogen) atoms. The minimum absolute atomic E-state index is 0.216. The van der Waals surface area contributed by atoms with Crippen molar-refractivity contribution >= 4 is 11.9 Å². The Morgan fingerprint density at radius 3 is 2.42 bits per heavy atom. The summed E-state index contributed by atoms with van der Waals surface area (Å²) in [5.41, 5.74) is 1.04. The molecule has 0 aromatic heterocycles. The Hall–Kier alpha value is -2.89. The van der Waals surface area contributed by atoms with Crippen LogP contribution in [0.1, 0.15) is 11.1 Å². The third kappa shape index (κ3) is 5.08. The van der Waals surface area contributed by atoms with E-state index in [-0.39, 0.29) is 18.5 Å². The monoisotopic (exact) mass is 331 g/mol. The lowest BCUT2D eigenvalue weighted by Crippen LogP contribution is -2.28. The highest BCUT2D eigenvalue weighted by atomic mass is 19.1. The molecule has 0 fully saturated rings. The van der Waals surface area contributed by atoms with Gasteiger partial charge in [-0.05, 0) is 17.7 Å². The van der Waals surface area contributed by atoms with Crippen molar-refractivity contribution < 1.29 is 23.5 Å². The van der Waals surface area contributed by atoms with Crippen molar-refractivity contribution in [1.82, 2.24) is 5.32 Å². The van der Waals surface area contributed by atoms with Gasteiger partial charge < -0.3 is 14.8 Å². The maximum absolute atomic E-state index is 13.4. The van der Waals surface area contributed by atoms with Crippen LogP contribution in [0.2, 0.25) is 0 Å². The normalized spacial score (nSPS) is 10.1. The van der Waals surface area contributed by atoms with E-state index in [9.17, 15) is 14.0 Å². The van der Waals surface area contributed by atoms with Crippen molar-refractivity contribution in [3.63, 3.8) is 0 Å². The van der Waals surface area contributed by atoms with Crippen LogP contribution in [-0.2, 0) is 27.3 Å². The second-order valence-corrected chi connectivity index (χ2v) is 5.02. The number of carbonyl (C=O) groups excluding carboxylic acids is 2. The average Bonchev–Trinajstić information content (AvgIpc) is 2.60. The zero-order valence-corrected chi connectivity index (χ0v) is 13.3. The maximum Gasteiger partial charge on any atom is 0.310 e. The number of esters is 1. The van der Waals surface area contributed by atoms with Gasteiger partial charge in [-0.25, -0.2) is 4.39 Å². The number of nitrogens with one attached hydrogen (secondary N) is 1. The van der Waals surface area contributed by atoms with E-state index in [0.29, 0.717) is 5.75 Å². The van der Waals surface area contributed by atoms with Gasteiger partial charge in [0, 0.05) is 12.1 Å². The third-order valence-electron chi connectivity index (χ3n) is 3.33. The number of para-hydroxylation sites is 1. The first-order chi connectivity index (χ1) is 11.6. The lowest BCUT2D eigenvalue weighted by atomic mass is 10.1. The number of rotatable bonds is 7. The van der Waals surface area contributed by atoms with Crippen LogP contribution in [0, 0.1) is 5.82 Å². The highest BCUT2D eigenvalue weighted by Gasteiger charge is 2.11. The second kappa shape index (κ2) is 8.67. The largest absolute Gasteiger partial charge is 0.496 e. The van der Waals surface area contributed by atoms with E-state index in [0.717, 1.165) is 5.56 Å². The fraction of sp³-hybridized carbons (Fsp3) is 0.222. The van der Waals surface area contributed by atoms with Gasteiger partial charge in [0.1, 0.15) is 11.6 Å². The summed E-state index contributed by atoms with van der Waals surface area (Å²) in [5, 5.41) is 2.63. The Bertz CT molecular complexity index is 718. The first-order valence-corrected chi connectivity index (χ1v) is 7.37. The number of methoxy groups -OCH3 is 1. The molecule has 0 bridgehead atoms. The molecule has 0 saturated carbocycles. The molecule has 1 amide bonds. The number of amides is 1. The SMILES string of the molecule is COc1ccccc1CNC(=O)COC(=O)Cc1ccccc1F. The standard InChI is InChI=1S/C18H18FNO4/c1-23-16-9-5-3-7-14(16)11-20-17(21)12-24-18(22)10-13-6-2-4-8-15(13)19/h2-9H,10-12H2,1H3,(H,20,21). The summed E-state index contributed by atoms with van der Waals surface area (Å²) in [4.78, 5) is 23.4. The van der Waals surface area contributed by atoms with Gasteiger partial charge in [-0.1, -0.05) is 36.4 Å². The zero-order valence-electron chi connectivity index (χ0n) is 13.3. The van der Waals surface area contributed by atoms with Gasteiger partial charge in [0.05, 0.1) is 13.5 Å². The van der Waals surface area contributed by atoms with Crippen LogP contribution in [0.5, 0.6) is 5.75 Å². The zero-order chi connectivity index (χ0) is 17.4. The lowest BCUT2D eigenvalue weighted by molar-refractivity contribution is -0.147. The van der Waals surface area contributed by atoms with Gasteiger partial charge in [-0.2, -0.15) is 0 Å². The summed E-state index contributed by atoms with van der Waals surface area (Å²) in [6.45, 7) is -0.157. The smallest absolute Gasteiger partial charge is 0.310 e. The van der Waals surface area contributed by atoms with Crippen molar-refractivity contribution in [2.24, 2.45) is 0 Å². The molecule has 5 nitrogen and oxygen atoms in total. The number of halogens is 1. The summed E-state index contributed by atoms with van der Waals surface area (Å²) >= 11 is 0. The van der Waals surface area contributed by atoms with Crippen LogP contribution >= 0.6 is 0 Å². The molecular formula is C18H18FNO4. The van der Waals surface area contributed by atoms with E-state index < -0.39 is 24.3 Å². The van der Waals surface area contributed by atoms with E-state index in [4.69, 9.17) is 9.47 Å². The Labute approximate surface area is 139 Å². The number of benzene rings is 2. The van der Waals surface area contributed by atoms with Crippen molar-refractivity contribution in [3.05, 3.63) is 65.5 Å². The van der Waals surface area contributed by atoms with Crippen LogP contribution in [0.3, 0.4) is 0 Å².